The van der Waals surface area contributed by atoms with Gasteiger partial charge in [-0.1, -0.05) is 12.1 Å². The van der Waals surface area contributed by atoms with Crippen LogP contribution in [0.15, 0.2) is 41.3 Å². The Hall–Kier alpha value is -2.89. The van der Waals surface area contributed by atoms with Crippen molar-refractivity contribution in [2.24, 2.45) is 0 Å². The number of fused-ring (bicyclic) bond motifs is 3. The highest BCUT2D eigenvalue weighted by Crippen LogP contribution is 2.24. The highest BCUT2D eigenvalue weighted by Gasteiger charge is 2.19. The molecule has 0 saturated heterocycles. The Kier molecular flexibility index (Phi) is 3.67. The monoisotopic (exact) mass is 337 g/mol. The lowest BCUT2D eigenvalue weighted by Crippen LogP contribution is -2.26. The third-order valence-corrected chi connectivity index (χ3v) is 5.04. The van der Waals surface area contributed by atoms with E-state index in [1.165, 1.54) is 10.4 Å². The molecule has 6 nitrogen and oxygen atoms in total. The molecule has 3 aromatic rings. The van der Waals surface area contributed by atoms with E-state index in [0.717, 1.165) is 36.9 Å². The van der Waals surface area contributed by atoms with E-state index < -0.39 is 5.97 Å². The molecule has 25 heavy (non-hydrogen) atoms. The van der Waals surface area contributed by atoms with Crippen molar-refractivity contribution in [2.75, 3.05) is 0 Å². The zero-order valence-corrected chi connectivity index (χ0v) is 14.0. The zero-order valence-electron chi connectivity index (χ0n) is 14.0. The van der Waals surface area contributed by atoms with Crippen molar-refractivity contribution < 1.29 is 9.90 Å². The van der Waals surface area contributed by atoms with E-state index >= 15 is 0 Å². The molecule has 6 heteroatoms. The first-order valence-corrected chi connectivity index (χ1v) is 8.49. The van der Waals surface area contributed by atoms with Crippen molar-refractivity contribution in [1.82, 2.24) is 14.3 Å². The SMILES string of the molecule is CC(c1ccc(C(=O)O)cc1)n1ncc2c(cc3n2CCCC3)c1=O. The van der Waals surface area contributed by atoms with Crippen LogP contribution in [0.2, 0.25) is 0 Å². The molecule has 0 fully saturated rings. The molecular formula is C19H19N3O3. The zero-order chi connectivity index (χ0) is 17.6. The molecule has 0 spiro atoms. The fourth-order valence-corrected chi connectivity index (χ4v) is 3.59. The standard InChI is InChI=1S/C19H19N3O3/c1-12(13-5-7-14(8-6-13)19(24)25)22-18(23)16-10-15-4-2-3-9-21(15)17(16)11-20-22/h5-8,10-12H,2-4,9H2,1H3,(H,24,25). The maximum absolute atomic E-state index is 12.9. The molecule has 4 rings (SSSR count). The quantitative estimate of drug-likeness (QED) is 0.797. The van der Waals surface area contributed by atoms with Crippen LogP contribution in [-0.4, -0.2) is 25.4 Å². The molecule has 2 aromatic heterocycles. The number of aryl methyl sites for hydroxylation is 2. The summed E-state index contributed by atoms with van der Waals surface area (Å²) in [5, 5.41) is 14.1. The van der Waals surface area contributed by atoms with Gasteiger partial charge < -0.3 is 9.67 Å². The van der Waals surface area contributed by atoms with E-state index in [-0.39, 0.29) is 17.2 Å². The molecule has 3 heterocycles. The van der Waals surface area contributed by atoms with Crippen molar-refractivity contribution in [3.8, 4) is 0 Å². The van der Waals surface area contributed by atoms with Crippen LogP contribution in [0.1, 0.15) is 47.4 Å². The number of carboxylic acids is 1. The molecule has 0 aliphatic carbocycles. The van der Waals surface area contributed by atoms with E-state index in [9.17, 15) is 9.59 Å². The van der Waals surface area contributed by atoms with E-state index in [1.54, 1.807) is 30.5 Å². The van der Waals surface area contributed by atoms with Crippen molar-refractivity contribution in [2.45, 2.75) is 38.8 Å². The highest BCUT2D eigenvalue weighted by atomic mass is 16.4. The number of aromatic carboxylic acids is 1. The number of aromatic nitrogens is 3. The van der Waals surface area contributed by atoms with Gasteiger partial charge in [-0.25, -0.2) is 9.48 Å². The number of hydrogen-bond acceptors (Lipinski definition) is 3. The smallest absolute Gasteiger partial charge is 0.335 e. The maximum Gasteiger partial charge on any atom is 0.335 e. The minimum absolute atomic E-state index is 0.103. The maximum atomic E-state index is 12.9. The van der Waals surface area contributed by atoms with E-state index in [1.807, 2.05) is 13.0 Å². The Morgan fingerprint density at radius 1 is 1.24 bits per heavy atom. The van der Waals surface area contributed by atoms with Crippen molar-refractivity contribution in [3.05, 3.63) is 63.7 Å². The molecule has 0 saturated carbocycles. The van der Waals surface area contributed by atoms with Crippen LogP contribution in [0.4, 0.5) is 0 Å². The minimum Gasteiger partial charge on any atom is -0.478 e. The van der Waals surface area contributed by atoms with Gasteiger partial charge in [0.1, 0.15) is 0 Å². The first-order chi connectivity index (χ1) is 12.1. The summed E-state index contributed by atoms with van der Waals surface area (Å²) in [6.07, 6.45) is 5.06. The first kappa shape index (κ1) is 15.6. The van der Waals surface area contributed by atoms with Gasteiger partial charge in [-0.3, -0.25) is 4.79 Å². The summed E-state index contributed by atoms with van der Waals surface area (Å²) in [7, 11) is 0. The summed E-state index contributed by atoms with van der Waals surface area (Å²) < 4.78 is 3.67. The fraction of sp³-hybridized carbons (Fsp3) is 0.316. The van der Waals surface area contributed by atoms with Gasteiger partial charge in [0.05, 0.1) is 28.7 Å². The largest absolute Gasteiger partial charge is 0.478 e. The van der Waals surface area contributed by atoms with Gasteiger partial charge in [0, 0.05) is 12.2 Å². The van der Waals surface area contributed by atoms with Crippen LogP contribution in [0.3, 0.4) is 0 Å². The van der Waals surface area contributed by atoms with Gasteiger partial charge >= 0.3 is 5.97 Å². The Balaban J connectivity index is 1.77. The summed E-state index contributed by atoms with van der Waals surface area (Å²) in [6.45, 7) is 2.84. The normalized spacial score (nSPS) is 15.1. The van der Waals surface area contributed by atoms with Gasteiger partial charge in [0.25, 0.3) is 5.56 Å². The highest BCUT2D eigenvalue weighted by molar-refractivity contribution is 5.87. The summed E-state index contributed by atoms with van der Waals surface area (Å²) in [6, 6.07) is 8.30. The van der Waals surface area contributed by atoms with Gasteiger partial charge in [0.15, 0.2) is 0 Å². The molecule has 0 bridgehead atoms. The van der Waals surface area contributed by atoms with E-state index in [2.05, 4.69) is 9.67 Å². The predicted molar refractivity (Wildman–Crippen MR) is 94.1 cm³/mol. The van der Waals surface area contributed by atoms with Gasteiger partial charge in [-0.05, 0) is 49.9 Å². The molecule has 1 unspecified atom stereocenters. The van der Waals surface area contributed by atoms with Gasteiger partial charge in [-0.2, -0.15) is 5.10 Å². The lowest BCUT2D eigenvalue weighted by molar-refractivity contribution is 0.0697. The van der Waals surface area contributed by atoms with Crippen LogP contribution < -0.4 is 5.56 Å². The van der Waals surface area contributed by atoms with Crippen molar-refractivity contribution in [3.63, 3.8) is 0 Å². The fourth-order valence-electron chi connectivity index (χ4n) is 3.59. The number of nitrogens with zero attached hydrogens (tertiary/aromatic N) is 3. The number of benzene rings is 1. The predicted octanol–water partition coefficient (Wildman–Crippen LogP) is 2.84. The number of carbonyl (C=O) groups is 1. The van der Waals surface area contributed by atoms with E-state index in [0.29, 0.717) is 5.39 Å². The lowest BCUT2D eigenvalue weighted by Gasteiger charge is -2.16. The second-order valence-electron chi connectivity index (χ2n) is 6.54. The summed E-state index contributed by atoms with van der Waals surface area (Å²) >= 11 is 0. The molecule has 128 valence electrons. The second kappa shape index (κ2) is 5.88. The molecule has 1 aliphatic heterocycles. The van der Waals surface area contributed by atoms with Crippen LogP contribution in [-0.2, 0) is 13.0 Å². The van der Waals surface area contributed by atoms with Crippen molar-refractivity contribution in [1.29, 1.82) is 0 Å². The third-order valence-electron chi connectivity index (χ3n) is 5.04. The number of hydrogen-bond donors (Lipinski definition) is 1. The second-order valence-corrected chi connectivity index (χ2v) is 6.54. The summed E-state index contributed by atoms with van der Waals surface area (Å²) in [4.78, 5) is 23.9. The van der Waals surface area contributed by atoms with Gasteiger partial charge in [0.2, 0.25) is 0 Å². The average Bonchev–Trinajstić information content (AvgIpc) is 3.01. The van der Waals surface area contributed by atoms with Crippen LogP contribution in [0, 0.1) is 0 Å². The molecule has 0 amide bonds. The van der Waals surface area contributed by atoms with Crippen LogP contribution >= 0.6 is 0 Å². The minimum atomic E-state index is -0.963. The van der Waals surface area contributed by atoms with E-state index in [4.69, 9.17) is 5.11 Å². The average molecular weight is 337 g/mol. The van der Waals surface area contributed by atoms with Crippen LogP contribution in [0.25, 0.3) is 10.9 Å². The van der Waals surface area contributed by atoms with Gasteiger partial charge in [-0.15, -0.1) is 0 Å². The first-order valence-electron chi connectivity index (χ1n) is 8.49. The molecule has 1 atom stereocenters. The molecule has 1 N–H and O–H groups in total. The third kappa shape index (κ3) is 2.54. The lowest BCUT2D eigenvalue weighted by atomic mass is 10.1. The molecule has 0 radical (unpaired) electrons. The molecule has 1 aliphatic rings. The molecule has 1 aromatic carbocycles. The topological polar surface area (TPSA) is 77.1 Å². The number of rotatable bonds is 3. The van der Waals surface area contributed by atoms with Crippen LogP contribution in [0.5, 0.6) is 0 Å². The summed E-state index contributed by atoms with van der Waals surface area (Å²) in [5.74, 6) is -0.963. The number of carboxylic acid groups (broad SMARTS) is 1. The Morgan fingerprint density at radius 2 is 2.00 bits per heavy atom. The molecular weight excluding hydrogens is 318 g/mol. The Labute approximate surface area is 144 Å². The summed E-state index contributed by atoms with van der Waals surface area (Å²) in [5.41, 5.74) is 3.09. The Morgan fingerprint density at radius 3 is 2.72 bits per heavy atom. The Bertz CT molecular complexity index is 1010. The van der Waals surface area contributed by atoms with Crippen molar-refractivity contribution >= 4 is 16.9 Å².